The molecule has 2 aromatic heterocycles. The summed E-state index contributed by atoms with van der Waals surface area (Å²) in [5.74, 6) is 0.246. The summed E-state index contributed by atoms with van der Waals surface area (Å²) in [6, 6.07) is 1.81. The van der Waals surface area contributed by atoms with E-state index in [0.29, 0.717) is 72.9 Å². The zero-order chi connectivity index (χ0) is 21.2. The minimum Gasteiger partial charge on any atom is -0.491 e. The maximum Gasteiger partial charge on any atom is 0.259 e. The number of anilines is 1. The number of nitrogens with one attached hydrogen (secondary N) is 1. The standard InChI is InChI=1S/C22H23N3O5S/c26-19(13-3-7-28-8-4-13)20-18(17-2-1-6-30-17)24-22(31-20)25-21(27)14-10-15-12-29-9-5-16(15)23-11-14/h2,10-11,13H,1,3-9,12H2,(H,24,25,27). The number of ketones is 1. The molecule has 2 aromatic rings. The quantitative estimate of drug-likeness (QED) is 0.711. The van der Waals surface area contributed by atoms with Gasteiger partial charge in [-0.3, -0.25) is 19.9 Å². The summed E-state index contributed by atoms with van der Waals surface area (Å²) in [6.45, 7) is 2.85. The van der Waals surface area contributed by atoms with Crippen molar-refractivity contribution in [1.82, 2.24) is 9.97 Å². The predicted octanol–water partition coefficient (Wildman–Crippen LogP) is 3.23. The SMILES string of the molecule is O=C(Nc1nc(C2=CCCO2)c(C(=O)C2CCOCC2)s1)c1cnc2c(c1)COCC2. The molecule has 0 radical (unpaired) electrons. The van der Waals surface area contributed by atoms with Gasteiger partial charge in [-0.25, -0.2) is 4.98 Å². The van der Waals surface area contributed by atoms with Gasteiger partial charge in [0, 0.05) is 49.4 Å². The topological polar surface area (TPSA) is 99.6 Å². The van der Waals surface area contributed by atoms with Crippen LogP contribution in [0.15, 0.2) is 18.3 Å². The van der Waals surface area contributed by atoms with Gasteiger partial charge in [0.2, 0.25) is 0 Å². The van der Waals surface area contributed by atoms with Crippen LogP contribution in [-0.4, -0.2) is 48.1 Å². The van der Waals surface area contributed by atoms with E-state index in [4.69, 9.17) is 14.2 Å². The van der Waals surface area contributed by atoms with E-state index < -0.39 is 0 Å². The Labute approximate surface area is 183 Å². The average Bonchev–Trinajstić information content (AvgIpc) is 3.49. The average molecular weight is 442 g/mol. The van der Waals surface area contributed by atoms with Crippen LogP contribution in [0.4, 0.5) is 5.13 Å². The molecule has 5 rings (SSSR count). The van der Waals surface area contributed by atoms with E-state index in [1.165, 1.54) is 11.3 Å². The van der Waals surface area contributed by atoms with Gasteiger partial charge in [-0.15, -0.1) is 0 Å². The minimum atomic E-state index is -0.312. The molecule has 0 aliphatic carbocycles. The fourth-order valence-electron chi connectivity index (χ4n) is 3.97. The van der Waals surface area contributed by atoms with Gasteiger partial charge in [0.05, 0.1) is 25.4 Å². The van der Waals surface area contributed by atoms with Crippen LogP contribution >= 0.6 is 11.3 Å². The summed E-state index contributed by atoms with van der Waals surface area (Å²) in [6.07, 6.45) is 6.43. The van der Waals surface area contributed by atoms with E-state index in [0.717, 1.165) is 24.1 Å². The molecule has 0 aromatic carbocycles. The lowest BCUT2D eigenvalue weighted by Crippen LogP contribution is -2.23. The van der Waals surface area contributed by atoms with Crippen molar-refractivity contribution in [3.05, 3.63) is 45.7 Å². The van der Waals surface area contributed by atoms with Crippen LogP contribution in [0.2, 0.25) is 0 Å². The number of amides is 1. The molecule has 3 aliphatic rings. The number of hydrogen-bond donors (Lipinski definition) is 1. The summed E-state index contributed by atoms with van der Waals surface area (Å²) in [5, 5.41) is 3.21. The number of fused-ring (bicyclic) bond motifs is 1. The summed E-state index contributed by atoms with van der Waals surface area (Å²) < 4.78 is 16.5. The Morgan fingerprint density at radius 3 is 2.81 bits per heavy atom. The van der Waals surface area contributed by atoms with Crippen molar-refractivity contribution >= 4 is 33.9 Å². The van der Waals surface area contributed by atoms with Crippen LogP contribution in [0.1, 0.15) is 56.2 Å². The smallest absolute Gasteiger partial charge is 0.259 e. The molecule has 0 bridgehead atoms. The van der Waals surface area contributed by atoms with Gasteiger partial charge in [0.15, 0.2) is 10.9 Å². The number of ether oxygens (including phenoxy) is 3. The third-order valence-electron chi connectivity index (χ3n) is 5.66. The number of carbonyl (C=O) groups excluding carboxylic acids is 2. The first-order chi connectivity index (χ1) is 15.2. The lowest BCUT2D eigenvalue weighted by Gasteiger charge is -2.20. The van der Waals surface area contributed by atoms with Crippen molar-refractivity contribution in [2.45, 2.75) is 32.3 Å². The van der Waals surface area contributed by atoms with E-state index in [-0.39, 0.29) is 17.6 Å². The summed E-state index contributed by atoms with van der Waals surface area (Å²) in [5.41, 5.74) is 2.86. The number of Topliss-reactive ketones (excluding diaryl/α,β-unsaturated/α-hetero) is 1. The molecule has 9 heteroatoms. The minimum absolute atomic E-state index is 0.0419. The molecule has 8 nitrogen and oxygen atoms in total. The van der Waals surface area contributed by atoms with E-state index in [1.54, 1.807) is 6.20 Å². The van der Waals surface area contributed by atoms with Gasteiger partial charge in [-0.1, -0.05) is 11.3 Å². The molecule has 1 N–H and O–H groups in total. The molecule has 31 heavy (non-hydrogen) atoms. The van der Waals surface area contributed by atoms with E-state index in [9.17, 15) is 9.59 Å². The lowest BCUT2D eigenvalue weighted by molar-refractivity contribution is 0.0547. The number of aromatic nitrogens is 2. The molecule has 5 heterocycles. The lowest BCUT2D eigenvalue weighted by atomic mass is 9.94. The van der Waals surface area contributed by atoms with Crippen LogP contribution in [0.25, 0.3) is 5.76 Å². The number of hydrogen-bond acceptors (Lipinski definition) is 8. The highest BCUT2D eigenvalue weighted by Gasteiger charge is 2.30. The molecular weight excluding hydrogens is 418 g/mol. The first-order valence-electron chi connectivity index (χ1n) is 10.5. The second-order valence-electron chi connectivity index (χ2n) is 7.74. The Balaban J connectivity index is 1.40. The first-order valence-corrected chi connectivity index (χ1v) is 11.3. The second kappa shape index (κ2) is 8.86. The third-order valence-corrected chi connectivity index (χ3v) is 6.65. The first kappa shape index (κ1) is 20.3. The third kappa shape index (κ3) is 4.26. The van der Waals surface area contributed by atoms with Gasteiger partial charge in [-0.05, 0) is 25.0 Å². The zero-order valence-electron chi connectivity index (χ0n) is 17.0. The van der Waals surface area contributed by atoms with Crippen LogP contribution in [0.5, 0.6) is 0 Å². The zero-order valence-corrected chi connectivity index (χ0v) is 17.8. The van der Waals surface area contributed by atoms with Crippen molar-refractivity contribution in [2.75, 3.05) is 31.7 Å². The Hall–Kier alpha value is -2.62. The number of carbonyl (C=O) groups is 2. The second-order valence-corrected chi connectivity index (χ2v) is 8.74. The molecule has 1 amide bonds. The summed E-state index contributed by atoms with van der Waals surface area (Å²) >= 11 is 1.20. The fraction of sp³-hybridized carbons (Fsp3) is 0.455. The van der Waals surface area contributed by atoms with Gasteiger partial charge < -0.3 is 14.2 Å². The molecule has 3 aliphatic heterocycles. The summed E-state index contributed by atoms with van der Waals surface area (Å²) in [7, 11) is 0. The van der Waals surface area contributed by atoms with E-state index in [1.807, 2.05) is 12.1 Å². The number of thiazole rings is 1. The highest BCUT2D eigenvalue weighted by Crippen LogP contribution is 2.34. The van der Waals surface area contributed by atoms with Crippen LogP contribution in [-0.2, 0) is 27.2 Å². The molecule has 0 saturated carbocycles. The Kier molecular flexibility index (Phi) is 5.80. The number of pyridine rings is 1. The van der Waals surface area contributed by atoms with Gasteiger partial charge >= 0.3 is 0 Å². The highest BCUT2D eigenvalue weighted by molar-refractivity contribution is 7.18. The molecule has 162 valence electrons. The maximum atomic E-state index is 13.2. The molecule has 0 atom stereocenters. The number of nitrogens with zero attached hydrogens (tertiary/aromatic N) is 2. The fourth-order valence-corrected chi connectivity index (χ4v) is 4.95. The molecule has 1 saturated heterocycles. The van der Waals surface area contributed by atoms with Crippen LogP contribution in [0.3, 0.4) is 0 Å². The van der Waals surface area contributed by atoms with Crippen LogP contribution in [0, 0.1) is 5.92 Å². The van der Waals surface area contributed by atoms with Crippen molar-refractivity contribution in [3.8, 4) is 0 Å². The molecular formula is C22H23N3O5S. The summed E-state index contributed by atoms with van der Waals surface area (Å²) in [4.78, 5) is 35.5. The Bertz CT molecular complexity index is 1040. The van der Waals surface area contributed by atoms with E-state index >= 15 is 0 Å². The van der Waals surface area contributed by atoms with Crippen molar-refractivity contribution in [1.29, 1.82) is 0 Å². The highest BCUT2D eigenvalue weighted by atomic mass is 32.1. The molecule has 0 spiro atoms. The number of rotatable bonds is 5. The molecule has 0 unspecified atom stereocenters. The van der Waals surface area contributed by atoms with E-state index in [2.05, 4.69) is 15.3 Å². The maximum absolute atomic E-state index is 13.2. The van der Waals surface area contributed by atoms with Gasteiger partial charge in [0.25, 0.3) is 5.91 Å². The van der Waals surface area contributed by atoms with Gasteiger partial charge in [-0.2, -0.15) is 0 Å². The normalized spacial score (nSPS) is 18.8. The largest absolute Gasteiger partial charge is 0.491 e. The van der Waals surface area contributed by atoms with Crippen LogP contribution < -0.4 is 5.32 Å². The van der Waals surface area contributed by atoms with Crippen molar-refractivity contribution < 1.29 is 23.8 Å². The Morgan fingerprint density at radius 2 is 2.00 bits per heavy atom. The van der Waals surface area contributed by atoms with Gasteiger partial charge in [0.1, 0.15) is 16.3 Å². The van der Waals surface area contributed by atoms with Crippen molar-refractivity contribution in [3.63, 3.8) is 0 Å². The van der Waals surface area contributed by atoms with Crippen molar-refractivity contribution in [2.24, 2.45) is 5.92 Å². The monoisotopic (exact) mass is 441 g/mol. The molecule has 1 fully saturated rings. The Morgan fingerprint density at radius 1 is 1.13 bits per heavy atom. The predicted molar refractivity (Wildman–Crippen MR) is 114 cm³/mol.